The van der Waals surface area contributed by atoms with Crippen LogP contribution in [0.2, 0.25) is 0 Å². The molecule has 0 saturated heterocycles. The topological polar surface area (TPSA) is 88.9 Å². The predicted molar refractivity (Wildman–Crippen MR) is 97.0 cm³/mol. The Morgan fingerprint density at radius 3 is 2.46 bits per heavy atom. The van der Waals surface area contributed by atoms with Crippen LogP contribution in [0.25, 0.3) is 0 Å². The van der Waals surface area contributed by atoms with Crippen LogP contribution in [-0.4, -0.2) is 33.1 Å². The van der Waals surface area contributed by atoms with E-state index in [1.165, 1.54) is 12.7 Å². The molecule has 2 amide bonds. The van der Waals surface area contributed by atoms with Crippen molar-refractivity contribution in [2.24, 2.45) is 5.92 Å². The molecule has 7 heteroatoms. The van der Waals surface area contributed by atoms with Crippen LogP contribution < -0.4 is 10.6 Å². The normalized spacial score (nSPS) is 14.8. The maximum Gasteiger partial charge on any atom is 0.239 e. The lowest BCUT2D eigenvalue weighted by atomic mass is 9.89. The summed E-state index contributed by atoms with van der Waals surface area (Å²) in [7, 11) is 0. The zero-order chi connectivity index (χ0) is 18.2. The number of nitrogens with one attached hydrogen (secondary N) is 2. The smallest absolute Gasteiger partial charge is 0.239 e. The Labute approximate surface area is 153 Å². The second kappa shape index (κ2) is 9.12. The lowest BCUT2D eigenvalue weighted by Gasteiger charge is -2.20. The monoisotopic (exact) mass is 355 g/mol. The number of hydrogen-bond acceptors (Lipinski definition) is 4. The maximum atomic E-state index is 12.0. The van der Waals surface area contributed by atoms with Gasteiger partial charge in [-0.2, -0.15) is 5.10 Å². The van der Waals surface area contributed by atoms with Gasteiger partial charge in [0.15, 0.2) is 0 Å². The van der Waals surface area contributed by atoms with Crippen LogP contribution in [0.5, 0.6) is 0 Å². The fraction of sp³-hybridized carbons (Fsp3) is 0.474. The van der Waals surface area contributed by atoms with Crippen LogP contribution in [0.3, 0.4) is 0 Å². The minimum absolute atomic E-state index is 0.0114. The molecule has 0 spiro atoms. The molecule has 1 fully saturated rings. The van der Waals surface area contributed by atoms with Crippen molar-refractivity contribution in [3.05, 3.63) is 48.0 Å². The van der Waals surface area contributed by atoms with Crippen LogP contribution in [0.4, 0.5) is 0 Å². The summed E-state index contributed by atoms with van der Waals surface area (Å²) in [6.45, 7) is 1.15. The molecule has 7 nitrogen and oxygen atoms in total. The molecule has 2 N–H and O–H groups in total. The van der Waals surface area contributed by atoms with Gasteiger partial charge in [-0.05, 0) is 24.0 Å². The van der Waals surface area contributed by atoms with Crippen molar-refractivity contribution in [3.63, 3.8) is 0 Å². The molecule has 26 heavy (non-hydrogen) atoms. The first-order valence-corrected chi connectivity index (χ1v) is 9.15. The molecule has 1 aliphatic rings. The Kier molecular flexibility index (Phi) is 6.35. The molecular weight excluding hydrogens is 330 g/mol. The Hall–Kier alpha value is -2.70. The van der Waals surface area contributed by atoms with Crippen molar-refractivity contribution in [2.45, 2.75) is 45.2 Å². The first-order chi connectivity index (χ1) is 12.7. The van der Waals surface area contributed by atoms with Crippen molar-refractivity contribution in [1.29, 1.82) is 0 Å². The van der Waals surface area contributed by atoms with Gasteiger partial charge in [0.2, 0.25) is 11.8 Å². The molecule has 1 heterocycles. The van der Waals surface area contributed by atoms with Gasteiger partial charge < -0.3 is 10.6 Å². The SMILES string of the molecule is O=C(CNC(=O)C1CCCCC1)NCc1ccc(Cn2cncn2)cc1. The third kappa shape index (κ3) is 5.40. The number of aromatic nitrogens is 3. The molecule has 138 valence electrons. The summed E-state index contributed by atoms with van der Waals surface area (Å²) in [5.41, 5.74) is 2.13. The third-order valence-electron chi connectivity index (χ3n) is 4.72. The van der Waals surface area contributed by atoms with Gasteiger partial charge in [0.25, 0.3) is 0 Å². The van der Waals surface area contributed by atoms with E-state index in [-0.39, 0.29) is 24.3 Å². The van der Waals surface area contributed by atoms with Crippen LogP contribution in [0.1, 0.15) is 43.2 Å². The summed E-state index contributed by atoms with van der Waals surface area (Å²) in [6.07, 6.45) is 8.49. The number of rotatable bonds is 7. The maximum absolute atomic E-state index is 12.0. The number of amides is 2. The van der Waals surface area contributed by atoms with E-state index in [9.17, 15) is 9.59 Å². The van der Waals surface area contributed by atoms with Gasteiger partial charge in [-0.3, -0.25) is 9.59 Å². The Morgan fingerprint density at radius 1 is 1.04 bits per heavy atom. The van der Waals surface area contributed by atoms with Gasteiger partial charge >= 0.3 is 0 Å². The summed E-state index contributed by atoms with van der Waals surface area (Å²) in [5, 5.41) is 9.67. The van der Waals surface area contributed by atoms with E-state index in [4.69, 9.17) is 0 Å². The molecule has 0 unspecified atom stereocenters. The number of benzene rings is 1. The first-order valence-electron chi connectivity index (χ1n) is 9.15. The molecular formula is C19H25N5O2. The van der Waals surface area contributed by atoms with Crippen LogP contribution >= 0.6 is 0 Å². The highest BCUT2D eigenvalue weighted by atomic mass is 16.2. The molecule has 1 aliphatic carbocycles. The lowest BCUT2D eigenvalue weighted by molar-refractivity contribution is -0.129. The fourth-order valence-electron chi connectivity index (χ4n) is 3.20. The highest BCUT2D eigenvalue weighted by Crippen LogP contribution is 2.23. The number of carbonyl (C=O) groups is 2. The molecule has 3 rings (SSSR count). The first kappa shape index (κ1) is 18.1. The summed E-state index contributed by atoms with van der Waals surface area (Å²) >= 11 is 0. The van der Waals surface area contributed by atoms with Gasteiger partial charge in [-0.25, -0.2) is 9.67 Å². The minimum Gasteiger partial charge on any atom is -0.350 e. The van der Waals surface area contributed by atoms with E-state index in [2.05, 4.69) is 20.7 Å². The molecule has 0 aliphatic heterocycles. The standard InChI is InChI=1S/C19H25N5O2/c25-18(11-22-19(26)17-4-2-1-3-5-17)21-10-15-6-8-16(9-7-15)12-24-14-20-13-23-24/h6-9,13-14,17H,1-5,10-12H2,(H,21,25)(H,22,26). The van der Waals surface area contributed by atoms with Gasteiger partial charge in [0.1, 0.15) is 12.7 Å². The molecule has 1 saturated carbocycles. The van der Waals surface area contributed by atoms with Crippen LogP contribution in [0.15, 0.2) is 36.9 Å². The van der Waals surface area contributed by atoms with E-state index >= 15 is 0 Å². The van der Waals surface area contributed by atoms with Crippen molar-refractivity contribution in [1.82, 2.24) is 25.4 Å². The van der Waals surface area contributed by atoms with Gasteiger partial charge in [0.05, 0.1) is 13.1 Å². The second-order valence-electron chi connectivity index (χ2n) is 6.74. The highest BCUT2D eigenvalue weighted by molar-refractivity contribution is 5.85. The average molecular weight is 355 g/mol. The molecule has 1 aromatic carbocycles. The summed E-state index contributed by atoms with van der Waals surface area (Å²) in [4.78, 5) is 27.9. The predicted octanol–water partition coefficient (Wildman–Crippen LogP) is 1.64. The van der Waals surface area contributed by atoms with E-state index in [1.54, 1.807) is 11.0 Å². The Bertz CT molecular complexity index is 706. The Balaban J connectivity index is 1.37. The zero-order valence-corrected chi connectivity index (χ0v) is 14.9. The summed E-state index contributed by atoms with van der Waals surface area (Å²) < 4.78 is 1.76. The number of hydrogen-bond donors (Lipinski definition) is 2. The van der Waals surface area contributed by atoms with E-state index < -0.39 is 0 Å². The van der Waals surface area contributed by atoms with Crippen LogP contribution in [0, 0.1) is 5.92 Å². The molecule has 0 bridgehead atoms. The fourth-order valence-corrected chi connectivity index (χ4v) is 3.20. The van der Waals surface area contributed by atoms with Crippen LogP contribution in [-0.2, 0) is 22.7 Å². The quantitative estimate of drug-likeness (QED) is 0.790. The third-order valence-corrected chi connectivity index (χ3v) is 4.72. The van der Waals surface area contributed by atoms with Crippen molar-refractivity contribution >= 4 is 11.8 Å². The zero-order valence-electron chi connectivity index (χ0n) is 14.9. The van der Waals surface area contributed by atoms with Gasteiger partial charge in [-0.1, -0.05) is 43.5 Å². The average Bonchev–Trinajstić information content (AvgIpc) is 3.19. The number of carbonyl (C=O) groups excluding carboxylic acids is 2. The molecule has 2 aromatic rings. The second-order valence-corrected chi connectivity index (χ2v) is 6.74. The molecule has 0 atom stereocenters. The van der Waals surface area contributed by atoms with Crippen molar-refractivity contribution < 1.29 is 9.59 Å². The summed E-state index contributed by atoms with van der Waals surface area (Å²) in [6, 6.07) is 7.97. The van der Waals surface area contributed by atoms with Gasteiger partial charge in [0, 0.05) is 12.5 Å². The Morgan fingerprint density at radius 2 is 1.77 bits per heavy atom. The summed E-state index contributed by atoms with van der Waals surface area (Å²) in [5.74, 6) is -0.0766. The lowest BCUT2D eigenvalue weighted by Crippen LogP contribution is -2.39. The molecule has 0 radical (unpaired) electrons. The van der Waals surface area contributed by atoms with Gasteiger partial charge in [-0.15, -0.1) is 0 Å². The number of nitrogens with zero attached hydrogens (tertiary/aromatic N) is 3. The van der Waals surface area contributed by atoms with E-state index in [0.717, 1.165) is 36.8 Å². The minimum atomic E-state index is -0.166. The highest BCUT2D eigenvalue weighted by Gasteiger charge is 2.21. The van der Waals surface area contributed by atoms with Crippen molar-refractivity contribution in [2.75, 3.05) is 6.54 Å². The van der Waals surface area contributed by atoms with E-state index in [1.807, 2.05) is 24.3 Å². The largest absolute Gasteiger partial charge is 0.350 e. The van der Waals surface area contributed by atoms with E-state index in [0.29, 0.717) is 13.1 Å². The molecule has 1 aromatic heterocycles. The van der Waals surface area contributed by atoms with Crippen molar-refractivity contribution in [3.8, 4) is 0 Å².